The zero-order valence-corrected chi connectivity index (χ0v) is 20.4. The third-order valence-electron chi connectivity index (χ3n) is 7.34. The molecule has 180 valence electrons. The number of hydrogen-bond donors (Lipinski definition) is 0. The SMILES string of the molecule is CC(=O)N1CCc2cc(N(C(=O)c3ccccc3)C3CCN(CCc4ccccc4)CC3)ccc21. The van der Waals surface area contributed by atoms with Gasteiger partial charge in [0.1, 0.15) is 0 Å². The Balaban J connectivity index is 1.34. The van der Waals surface area contributed by atoms with Crippen LogP contribution in [0.15, 0.2) is 78.9 Å². The molecule has 2 aliphatic heterocycles. The summed E-state index contributed by atoms with van der Waals surface area (Å²) in [4.78, 5) is 32.1. The number of amides is 2. The van der Waals surface area contributed by atoms with E-state index in [1.54, 1.807) is 6.92 Å². The summed E-state index contributed by atoms with van der Waals surface area (Å²) in [5.41, 5.74) is 5.14. The number of anilines is 2. The highest BCUT2D eigenvalue weighted by atomic mass is 16.2. The lowest BCUT2D eigenvalue weighted by Gasteiger charge is -2.39. The van der Waals surface area contributed by atoms with E-state index in [0.717, 1.165) is 62.3 Å². The van der Waals surface area contributed by atoms with Gasteiger partial charge >= 0.3 is 0 Å². The molecule has 3 aromatic rings. The number of rotatable bonds is 6. The molecule has 0 saturated carbocycles. The van der Waals surface area contributed by atoms with Crippen molar-refractivity contribution in [2.24, 2.45) is 0 Å². The Labute approximate surface area is 208 Å². The average Bonchev–Trinajstić information content (AvgIpc) is 3.33. The van der Waals surface area contributed by atoms with E-state index >= 15 is 0 Å². The van der Waals surface area contributed by atoms with Gasteiger partial charge in [-0.3, -0.25) is 9.59 Å². The fraction of sp³-hybridized carbons (Fsp3) is 0.333. The van der Waals surface area contributed by atoms with E-state index in [-0.39, 0.29) is 17.9 Å². The van der Waals surface area contributed by atoms with Crippen LogP contribution in [0.2, 0.25) is 0 Å². The maximum absolute atomic E-state index is 13.8. The van der Waals surface area contributed by atoms with Gasteiger partial charge in [-0.2, -0.15) is 0 Å². The maximum Gasteiger partial charge on any atom is 0.258 e. The van der Waals surface area contributed by atoms with Crippen LogP contribution in [0.4, 0.5) is 11.4 Å². The van der Waals surface area contributed by atoms with Crippen LogP contribution >= 0.6 is 0 Å². The average molecular weight is 468 g/mol. The van der Waals surface area contributed by atoms with Gasteiger partial charge in [-0.25, -0.2) is 0 Å². The van der Waals surface area contributed by atoms with Gasteiger partial charge in [-0.05, 0) is 67.1 Å². The van der Waals surface area contributed by atoms with Crippen molar-refractivity contribution in [1.29, 1.82) is 0 Å². The molecule has 3 aromatic carbocycles. The minimum absolute atomic E-state index is 0.0507. The van der Waals surface area contributed by atoms with Gasteiger partial charge in [-0.1, -0.05) is 48.5 Å². The van der Waals surface area contributed by atoms with Gasteiger partial charge in [0.25, 0.3) is 5.91 Å². The third-order valence-corrected chi connectivity index (χ3v) is 7.34. The Morgan fingerprint density at radius 2 is 1.57 bits per heavy atom. The molecule has 0 spiro atoms. The van der Waals surface area contributed by atoms with Crippen LogP contribution in [0.3, 0.4) is 0 Å². The monoisotopic (exact) mass is 467 g/mol. The molecule has 35 heavy (non-hydrogen) atoms. The molecule has 0 aliphatic carbocycles. The molecular weight excluding hydrogens is 434 g/mol. The fourth-order valence-corrected chi connectivity index (χ4v) is 5.41. The Kier molecular flexibility index (Phi) is 6.96. The van der Waals surface area contributed by atoms with Crippen molar-refractivity contribution in [3.8, 4) is 0 Å². The quantitative estimate of drug-likeness (QED) is 0.515. The molecule has 2 heterocycles. The molecule has 0 atom stereocenters. The molecule has 2 aliphatic rings. The number of benzene rings is 3. The van der Waals surface area contributed by atoms with E-state index < -0.39 is 0 Å². The van der Waals surface area contributed by atoms with Crippen LogP contribution in [-0.2, 0) is 17.6 Å². The van der Waals surface area contributed by atoms with E-state index in [2.05, 4.69) is 41.3 Å². The zero-order chi connectivity index (χ0) is 24.2. The normalized spacial score (nSPS) is 16.2. The molecule has 5 rings (SSSR count). The second kappa shape index (κ2) is 10.4. The first-order valence-electron chi connectivity index (χ1n) is 12.7. The molecule has 0 aromatic heterocycles. The summed E-state index contributed by atoms with van der Waals surface area (Å²) in [5, 5.41) is 0. The van der Waals surface area contributed by atoms with Crippen molar-refractivity contribution in [2.75, 3.05) is 36.0 Å². The minimum atomic E-state index is 0.0507. The zero-order valence-electron chi connectivity index (χ0n) is 20.4. The second-order valence-corrected chi connectivity index (χ2v) is 9.58. The number of nitrogens with zero attached hydrogens (tertiary/aromatic N) is 3. The van der Waals surface area contributed by atoms with Crippen LogP contribution in [-0.4, -0.2) is 48.9 Å². The van der Waals surface area contributed by atoms with E-state index in [0.29, 0.717) is 12.1 Å². The Hall–Kier alpha value is -3.44. The summed E-state index contributed by atoms with van der Waals surface area (Å²) < 4.78 is 0. The van der Waals surface area contributed by atoms with Crippen LogP contribution in [0.5, 0.6) is 0 Å². The topological polar surface area (TPSA) is 43.9 Å². The first-order valence-corrected chi connectivity index (χ1v) is 12.7. The lowest BCUT2D eigenvalue weighted by Crippen LogP contribution is -2.48. The number of piperidine rings is 1. The lowest BCUT2D eigenvalue weighted by atomic mass is 9.99. The van der Waals surface area contributed by atoms with Crippen molar-refractivity contribution in [2.45, 2.75) is 38.6 Å². The molecule has 0 radical (unpaired) electrons. The fourth-order valence-electron chi connectivity index (χ4n) is 5.41. The Morgan fingerprint density at radius 1 is 0.886 bits per heavy atom. The highest BCUT2D eigenvalue weighted by Gasteiger charge is 2.31. The van der Waals surface area contributed by atoms with Gasteiger partial charge in [0.15, 0.2) is 0 Å². The molecule has 0 bridgehead atoms. The van der Waals surface area contributed by atoms with Gasteiger partial charge in [0.05, 0.1) is 0 Å². The number of carbonyl (C=O) groups excluding carboxylic acids is 2. The van der Waals surface area contributed by atoms with E-state index in [1.165, 1.54) is 5.56 Å². The predicted molar refractivity (Wildman–Crippen MR) is 141 cm³/mol. The van der Waals surface area contributed by atoms with Gasteiger partial charge < -0.3 is 14.7 Å². The van der Waals surface area contributed by atoms with E-state index in [4.69, 9.17) is 0 Å². The predicted octanol–water partition coefficient (Wildman–Crippen LogP) is 4.95. The molecule has 0 N–H and O–H groups in total. The molecule has 5 nitrogen and oxygen atoms in total. The largest absolute Gasteiger partial charge is 0.312 e. The molecule has 5 heteroatoms. The van der Waals surface area contributed by atoms with Crippen molar-refractivity contribution >= 4 is 23.2 Å². The van der Waals surface area contributed by atoms with Crippen LogP contribution in [0, 0.1) is 0 Å². The third kappa shape index (κ3) is 5.15. The summed E-state index contributed by atoms with van der Waals surface area (Å²) in [5.74, 6) is 0.117. The highest BCUT2D eigenvalue weighted by molar-refractivity contribution is 6.07. The maximum atomic E-state index is 13.8. The number of carbonyl (C=O) groups is 2. The summed E-state index contributed by atoms with van der Waals surface area (Å²) in [7, 11) is 0. The first kappa shape index (κ1) is 23.3. The Morgan fingerprint density at radius 3 is 2.26 bits per heavy atom. The van der Waals surface area contributed by atoms with Crippen molar-refractivity contribution in [3.63, 3.8) is 0 Å². The summed E-state index contributed by atoms with van der Waals surface area (Å²) in [6, 6.07) is 26.5. The lowest BCUT2D eigenvalue weighted by molar-refractivity contribution is -0.116. The van der Waals surface area contributed by atoms with Crippen molar-refractivity contribution in [3.05, 3.63) is 95.6 Å². The molecule has 1 saturated heterocycles. The van der Waals surface area contributed by atoms with Gasteiger partial charge in [0, 0.05) is 56.1 Å². The molecule has 0 unspecified atom stereocenters. The van der Waals surface area contributed by atoms with E-state index in [1.807, 2.05) is 52.3 Å². The molecular formula is C30H33N3O2. The summed E-state index contributed by atoms with van der Waals surface area (Å²) >= 11 is 0. The summed E-state index contributed by atoms with van der Waals surface area (Å²) in [6.07, 6.45) is 3.78. The standard InChI is InChI=1S/C30H33N3O2/c1-23(34)32-21-15-26-22-28(12-13-29(26)32)33(30(35)25-10-6-3-7-11-25)27-16-19-31(20-17-27)18-14-24-8-4-2-5-9-24/h2-13,22,27H,14-21H2,1H3. The Bertz CT molecular complexity index is 1170. The van der Waals surface area contributed by atoms with Gasteiger partial charge in [-0.15, -0.1) is 0 Å². The van der Waals surface area contributed by atoms with Crippen LogP contribution < -0.4 is 9.80 Å². The molecule has 2 amide bonds. The van der Waals surface area contributed by atoms with Crippen LogP contribution in [0.1, 0.15) is 41.3 Å². The van der Waals surface area contributed by atoms with Gasteiger partial charge in [0.2, 0.25) is 5.91 Å². The minimum Gasteiger partial charge on any atom is -0.312 e. The van der Waals surface area contributed by atoms with Crippen molar-refractivity contribution in [1.82, 2.24) is 4.90 Å². The molecule has 1 fully saturated rings. The number of hydrogen-bond acceptors (Lipinski definition) is 3. The van der Waals surface area contributed by atoms with Crippen LogP contribution in [0.25, 0.3) is 0 Å². The smallest absolute Gasteiger partial charge is 0.258 e. The first-order chi connectivity index (χ1) is 17.1. The van der Waals surface area contributed by atoms with Crippen molar-refractivity contribution < 1.29 is 9.59 Å². The number of likely N-dealkylation sites (tertiary alicyclic amines) is 1. The van der Waals surface area contributed by atoms with E-state index in [9.17, 15) is 9.59 Å². The highest BCUT2D eigenvalue weighted by Crippen LogP contribution is 2.34. The number of fused-ring (bicyclic) bond motifs is 1. The second-order valence-electron chi connectivity index (χ2n) is 9.58. The summed E-state index contributed by atoms with van der Waals surface area (Å²) in [6.45, 7) is 5.34.